The van der Waals surface area contributed by atoms with E-state index in [0.717, 1.165) is 59.5 Å². The molecule has 0 saturated carbocycles. The van der Waals surface area contributed by atoms with Gasteiger partial charge in [0.15, 0.2) is 0 Å². The smallest absolute Gasteiger partial charge is 0.137 e. The first-order valence-corrected chi connectivity index (χ1v) is 10.2. The molecule has 1 saturated heterocycles. The van der Waals surface area contributed by atoms with E-state index in [-0.39, 0.29) is 6.61 Å². The van der Waals surface area contributed by atoms with Gasteiger partial charge in [0.1, 0.15) is 10.7 Å². The molecule has 0 amide bonds. The fourth-order valence-corrected chi connectivity index (χ4v) is 4.13. The lowest BCUT2D eigenvalue weighted by atomic mass is 10.1. The van der Waals surface area contributed by atoms with E-state index in [2.05, 4.69) is 34.1 Å². The summed E-state index contributed by atoms with van der Waals surface area (Å²) < 4.78 is 7.45. The molecule has 0 aliphatic carbocycles. The van der Waals surface area contributed by atoms with Crippen molar-refractivity contribution in [2.75, 3.05) is 31.2 Å². The Morgan fingerprint density at radius 1 is 0.929 bits per heavy atom. The Hall–Kier alpha value is -2.74. The summed E-state index contributed by atoms with van der Waals surface area (Å²) in [5, 5.41) is 11.9. The van der Waals surface area contributed by atoms with Gasteiger partial charge < -0.3 is 19.1 Å². The molecule has 1 aromatic carbocycles. The molecule has 0 spiro atoms. The number of imidazole rings is 1. The number of morpholine rings is 1. The summed E-state index contributed by atoms with van der Waals surface area (Å²) in [5.41, 5.74) is 6.05. The van der Waals surface area contributed by atoms with Crippen molar-refractivity contribution in [1.82, 2.24) is 14.4 Å². The van der Waals surface area contributed by atoms with Crippen LogP contribution in [0.4, 0.5) is 5.69 Å². The molecule has 0 radical (unpaired) electrons. The molecule has 3 aromatic heterocycles. The van der Waals surface area contributed by atoms with Crippen LogP contribution in [0.5, 0.6) is 0 Å². The highest BCUT2D eigenvalue weighted by Gasteiger charge is 2.12. The maximum absolute atomic E-state index is 9.23. The average molecular weight is 392 g/mol. The highest BCUT2D eigenvalue weighted by molar-refractivity contribution is 7.09. The fraction of sp³-hybridized carbons (Fsp3) is 0.238. The molecule has 4 aromatic rings. The lowest BCUT2D eigenvalue weighted by Crippen LogP contribution is -2.36. The fourth-order valence-electron chi connectivity index (χ4n) is 3.46. The molecule has 1 aliphatic heterocycles. The number of thiazole rings is 1. The van der Waals surface area contributed by atoms with Crippen LogP contribution in [0, 0.1) is 0 Å². The summed E-state index contributed by atoms with van der Waals surface area (Å²) in [6.45, 7) is 3.42. The molecule has 6 nitrogen and oxygen atoms in total. The van der Waals surface area contributed by atoms with Crippen LogP contribution < -0.4 is 4.90 Å². The SMILES string of the molecule is OCc1nc(-c2ccc3nc(-c4ccc(N5CCOCC5)cc4)cn3c2)cs1. The Bertz CT molecular complexity index is 1100. The number of nitrogens with zero attached hydrogens (tertiary/aromatic N) is 4. The van der Waals surface area contributed by atoms with Gasteiger partial charge in [0.2, 0.25) is 0 Å². The number of rotatable bonds is 4. The lowest BCUT2D eigenvalue weighted by molar-refractivity contribution is 0.122. The number of aliphatic hydroxyl groups is 1. The lowest BCUT2D eigenvalue weighted by Gasteiger charge is -2.28. The summed E-state index contributed by atoms with van der Waals surface area (Å²) in [6.07, 6.45) is 4.08. The van der Waals surface area contributed by atoms with Crippen LogP contribution in [0.15, 0.2) is 54.2 Å². The van der Waals surface area contributed by atoms with Crippen molar-refractivity contribution in [2.24, 2.45) is 0 Å². The third-order valence-electron chi connectivity index (χ3n) is 4.97. The summed E-state index contributed by atoms with van der Waals surface area (Å²) in [7, 11) is 0. The summed E-state index contributed by atoms with van der Waals surface area (Å²) in [4.78, 5) is 11.5. The predicted molar refractivity (Wildman–Crippen MR) is 111 cm³/mol. The van der Waals surface area contributed by atoms with Crippen molar-refractivity contribution < 1.29 is 9.84 Å². The second-order valence-electron chi connectivity index (χ2n) is 6.74. The van der Waals surface area contributed by atoms with Crippen LogP contribution in [-0.4, -0.2) is 45.8 Å². The number of hydrogen-bond donors (Lipinski definition) is 1. The number of pyridine rings is 1. The molecular weight excluding hydrogens is 372 g/mol. The highest BCUT2D eigenvalue weighted by atomic mass is 32.1. The van der Waals surface area contributed by atoms with Crippen LogP contribution in [0.2, 0.25) is 0 Å². The van der Waals surface area contributed by atoms with Gasteiger partial charge in [-0.2, -0.15) is 0 Å². The van der Waals surface area contributed by atoms with Gasteiger partial charge in [-0.05, 0) is 24.3 Å². The van der Waals surface area contributed by atoms with Crippen molar-refractivity contribution in [3.63, 3.8) is 0 Å². The van der Waals surface area contributed by atoms with Crippen molar-refractivity contribution in [2.45, 2.75) is 6.61 Å². The Labute approximate surface area is 166 Å². The highest BCUT2D eigenvalue weighted by Crippen LogP contribution is 2.26. The minimum atomic E-state index is -0.0252. The van der Waals surface area contributed by atoms with Crippen LogP contribution in [0.3, 0.4) is 0 Å². The zero-order chi connectivity index (χ0) is 18.9. The van der Waals surface area contributed by atoms with Crippen molar-refractivity contribution in [3.05, 3.63) is 59.2 Å². The molecule has 142 valence electrons. The Morgan fingerprint density at radius 2 is 1.71 bits per heavy atom. The van der Waals surface area contributed by atoms with E-state index >= 15 is 0 Å². The predicted octanol–water partition coefficient (Wildman–Crippen LogP) is 3.45. The van der Waals surface area contributed by atoms with Crippen molar-refractivity contribution in [1.29, 1.82) is 0 Å². The molecule has 1 aliphatic rings. The van der Waals surface area contributed by atoms with Crippen LogP contribution in [0.25, 0.3) is 28.2 Å². The standard InChI is InChI=1S/C21H20N4O2S/c26-13-21-23-19(14-28-21)16-3-6-20-22-18(12-25(20)11-16)15-1-4-17(5-2-15)24-7-9-27-10-8-24/h1-6,11-12,14,26H,7-10,13H2. The van der Waals surface area contributed by atoms with Crippen LogP contribution >= 0.6 is 11.3 Å². The number of aliphatic hydroxyl groups excluding tert-OH is 1. The van der Waals surface area contributed by atoms with Gasteiger partial charge in [0.25, 0.3) is 0 Å². The third-order valence-corrected chi connectivity index (χ3v) is 5.81. The first-order valence-electron chi connectivity index (χ1n) is 9.28. The van der Waals surface area contributed by atoms with Crippen molar-refractivity contribution in [3.8, 4) is 22.5 Å². The van der Waals surface area contributed by atoms with E-state index in [9.17, 15) is 5.11 Å². The molecule has 4 heterocycles. The second-order valence-corrected chi connectivity index (χ2v) is 7.68. The summed E-state index contributed by atoms with van der Waals surface area (Å²) in [6, 6.07) is 12.6. The van der Waals surface area contributed by atoms with Gasteiger partial charge in [-0.25, -0.2) is 9.97 Å². The monoisotopic (exact) mass is 392 g/mol. The van der Waals surface area contributed by atoms with E-state index in [1.54, 1.807) is 0 Å². The van der Waals surface area contributed by atoms with Gasteiger partial charge in [-0.15, -0.1) is 11.3 Å². The summed E-state index contributed by atoms with van der Waals surface area (Å²) >= 11 is 1.47. The molecule has 7 heteroatoms. The van der Waals surface area contributed by atoms with Gasteiger partial charge >= 0.3 is 0 Å². The Morgan fingerprint density at radius 3 is 2.46 bits per heavy atom. The number of benzene rings is 1. The molecular formula is C21H20N4O2S. The normalized spacial score (nSPS) is 14.7. The molecule has 1 fully saturated rings. The van der Waals surface area contributed by atoms with E-state index in [1.165, 1.54) is 17.0 Å². The first kappa shape index (κ1) is 17.4. The van der Waals surface area contributed by atoms with Gasteiger partial charge in [-0.1, -0.05) is 12.1 Å². The van der Waals surface area contributed by atoms with E-state index in [1.807, 2.05) is 34.3 Å². The quantitative estimate of drug-likeness (QED) is 0.576. The molecule has 5 rings (SSSR count). The van der Waals surface area contributed by atoms with Crippen LogP contribution in [-0.2, 0) is 11.3 Å². The minimum absolute atomic E-state index is 0.0252. The second kappa shape index (κ2) is 7.35. The van der Waals surface area contributed by atoms with Crippen molar-refractivity contribution >= 4 is 22.7 Å². The minimum Gasteiger partial charge on any atom is -0.389 e. The van der Waals surface area contributed by atoms with Gasteiger partial charge in [0.05, 0.1) is 31.2 Å². The Balaban J connectivity index is 1.42. The zero-order valence-electron chi connectivity index (χ0n) is 15.3. The number of hydrogen-bond acceptors (Lipinski definition) is 6. The topological polar surface area (TPSA) is 62.9 Å². The van der Waals surface area contributed by atoms with Gasteiger partial charge in [0, 0.05) is 47.7 Å². The van der Waals surface area contributed by atoms with E-state index < -0.39 is 0 Å². The molecule has 0 bridgehead atoms. The number of anilines is 1. The maximum Gasteiger partial charge on any atom is 0.137 e. The number of ether oxygens (including phenoxy) is 1. The van der Waals surface area contributed by atoms with Gasteiger partial charge in [-0.3, -0.25) is 0 Å². The Kier molecular flexibility index (Phi) is 4.56. The van der Waals surface area contributed by atoms with Crippen LogP contribution in [0.1, 0.15) is 5.01 Å². The molecule has 28 heavy (non-hydrogen) atoms. The first-order chi connectivity index (χ1) is 13.8. The number of fused-ring (bicyclic) bond motifs is 1. The van der Waals surface area contributed by atoms with E-state index in [0.29, 0.717) is 0 Å². The summed E-state index contributed by atoms with van der Waals surface area (Å²) in [5.74, 6) is 0. The largest absolute Gasteiger partial charge is 0.389 e. The third kappa shape index (κ3) is 3.28. The molecule has 0 atom stereocenters. The maximum atomic E-state index is 9.23. The number of aromatic nitrogens is 3. The zero-order valence-corrected chi connectivity index (χ0v) is 16.1. The molecule has 1 N–H and O–H groups in total. The van der Waals surface area contributed by atoms with E-state index in [4.69, 9.17) is 9.72 Å². The average Bonchev–Trinajstić information content (AvgIpc) is 3.41. The molecule has 0 unspecified atom stereocenters.